The minimum absolute atomic E-state index is 0.0814. The van der Waals surface area contributed by atoms with Crippen LogP contribution in [0.4, 0.5) is 11.4 Å². The molecule has 0 aliphatic rings. The highest BCUT2D eigenvalue weighted by Gasteiger charge is 2.17. The predicted octanol–water partition coefficient (Wildman–Crippen LogP) is 4.78. The van der Waals surface area contributed by atoms with Crippen LogP contribution in [0.5, 0.6) is 5.75 Å². The van der Waals surface area contributed by atoms with Gasteiger partial charge in [0.05, 0.1) is 17.6 Å². The zero-order valence-electron chi connectivity index (χ0n) is 16.9. The number of nitro benzene ring substituents is 1. The van der Waals surface area contributed by atoms with Crippen molar-refractivity contribution >= 4 is 45.2 Å². The van der Waals surface area contributed by atoms with Gasteiger partial charge in [-0.25, -0.2) is 0 Å². The topological polar surface area (TPSA) is 111 Å². The van der Waals surface area contributed by atoms with Crippen molar-refractivity contribution in [2.24, 2.45) is 0 Å². The first-order valence-electron chi connectivity index (χ1n) is 9.35. The highest BCUT2D eigenvalue weighted by atomic mass is 79.9. The van der Waals surface area contributed by atoms with E-state index in [9.17, 15) is 19.7 Å². The third-order valence-corrected chi connectivity index (χ3v) is 5.04. The molecule has 0 aromatic heterocycles. The van der Waals surface area contributed by atoms with Crippen LogP contribution in [0.2, 0.25) is 0 Å². The largest absolute Gasteiger partial charge is 0.497 e. The molecule has 0 unspecified atom stereocenters. The Balaban J connectivity index is 1.93. The number of amides is 2. The van der Waals surface area contributed by atoms with Crippen molar-refractivity contribution in [3.63, 3.8) is 0 Å². The van der Waals surface area contributed by atoms with Gasteiger partial charge >= 0.3 is 0 Å². The third kappa shape index (κ3) is 5.79. The van der Waals surface area contributed by atoms with Crippen molar-refractivity contribution in [2.75, 3.05) is 12.4 Å². The quantitative estimate of drug-likeness (QED) is 0.278. The lowest BCUT2D eigenvalue weighted by atomic mass is 10.1. The van der Waals surface area contributed by atoms with Crippen molar-refractivity contribution < 1.29 is 19.2 Å². The third-order valence-electron chi connectivity index (χ3n) is 4.35. The lowest BCUT2D eigenvalue weighted by molar-refractivity contribution is -0.384. The first-order chi connectivity index (χ1) is 15.4. The highest BCUT2D eigenvalue weighted by molar-refractivity contribution is 9.10. The number of non-ortho nitro benzene ring substituents is 1. The van der Waals surface area contributed by atoms with Crippen molar-refractivity contribution in [1.29, 1.82) is 0 Å². The van der Waals surface area contributed by atoms with Gasteiger partial charge in [-0.3, -0.25) is 19.7 Å². The first kappa shape index (κ1) is 22.7. The fraction of sp³-hybridized carbons (Fsp3) is 0.0435. The highest BCUT2D eigenvalue weighted by Crippen LogP contribution is 2.20. The molecule has 0 radical (unpaired) electrons. The molecule has 32 heavy (non-hydrogen) atoms. The molecule has 0 saturated heterocycles. The molecule has 2 N–H and O–H groups in total. The van der Waals surface area contributed by atoms with Crippen molar-refractivity contribution in [3.8, 4) is 5.75 Å². The molecule has 162 valence electrons. The summed E-state index contributed by atoms with van der Waals surface area (Å²) in [7, 11) is 1.53. The molecule has 0 atom stereocenters. The van der Waals surface area contributed by atoms with Gasteiger partial charge in [-0.05, 0) is 64.0 Å². The zero-order valence-corrected chi connectivity index (χ0v) is 18.5. The number of nitrogens with one attached hydrogen (secondary N) is 2. The van der Waals surface area contributed by atoms with E-state index < -0.39 is 16.7 Å². The molecule has 3 rings (SSSR count). The fourth-order valence-electron chi connectivity index (χ4n) is 2.76. The SMILES string of the molecule is COc1ccc(NC(=O)/C(=C\c2cccc([N+](=O)[O-])c2)NC(=O)c2ccccc2Br)cc1. The van der Waals surface area contributed by atoms with Crippen LogP contribution >= 0.6 is 15.9 Å². The Morgan fingerprint density at radius 1 is 1.03 bits per heavy atom. The maximum atomic E-state index is 13.0. The Labute approximate surface area is 192 Å². The van der Waals surface area contributed by atoms with E-state index in [1.165, 1.54) is 31.4 Å². The van der Waals surface area contributed by atoms with Gasteiger partial charge in [0.2, 0.25) is 0 Å². The fourth-order valence-corrected chi connectivity index (χ4v) is 3.23. The van der Waals surface area contributed by atoms with E-state index in [2.05, 4.69) is 26.6 Å². The molecule has 2 amide bonds. The lowest BCUT2D eigenvalue weighted by Gasteiger charge is -2.12. The summed E-state index contributed by atoms with van der Waals surface area (Å²) in [6, 6.07) is 19.2. The summed E-state index contributed by atoms with van der Waals surface area (Å²) >= 11 is 3.32. The van der Waals surface area contributed by atoms with Crippen molar-refractivity contribution in [2.45, 2.75) is 0 Å². The van der Waals surface area contributed by atoms with Crippen LogP contribution in [0.25, 0.3) is 6.08 Å². The smallest absolute Gasteiger partial charge is 0.272 e. The zero-order chi connectivity index (χ0) is 23.1. The molecule has 0 spiro atoms. The van der Waals surface area contributed by atoms with Gasteiger partial charge in [0.25, 0.3) is 17.5 Å². The van der Waals surface area contributed by atoms with Crippen LogP contribution in [0.3, 0.4) is 0 Å². The molecule has 0 heterocycles. The van der Waals surface area contributed by atoms with Crippen LogP contribution in [-0.4, -0.2) is 23.8 Å². The van der Waals surface area contributed by atoms with Gasteiger partial charge in [-0.2, -0.15) is 0 Å². The summed E-state index contributed by atoms with van der Waals surface area (Å²) in [5.74, 6) is -0.487. The number of halogens is 1. The molecule has 0 fully saturated rings. The summed E-state index contributed by atoms with van der Waals surface area (Å²) in [6.07, 6.45) is 1.38. The van der Waals surface area contributed by atoms with Gasteiger partial charge < -0.3 is 15.4 Å². The number of carbonyl (C=O) groups is 2. The van der Waals surface area contributed by atoms with Crippen molar-refractivity contribution in [1.82, 2.24) is 5.32 Å². The number of ether oxygens (including phenoxy) is 1. The summed E-state index contributed by atoms with van der Waals surface area (Å²) in [5.41, 5.74) is 0.977. The number of hydrogen-bond donors (Lipinski definition) is 2. The maximum Gasteiger partial charge on any atom is 0.272 e. The number of anilines is 1. The molecule has 9 heteroatoms. The Morgan fingerprint density at radius 2 is 1.75 bits per heavy atom. The van der Waals surface area contributed by atoms with Crippen LogP contribution in [0.15, 0.2) is 83.0 Å². The lowest BCUT2D eigenvalue weighted by Crippen LogP contribution is -2.31. The van der Waals surface area contributed by atoms with Gasteiger partial charge in [0.1, 0.15) is 11.4 Å². The summed E-state index contributed by atoms with van der Waals surface area (Å²) in [4.78, 5) is 36.3. The van der Waals surface area contributed by atoms with E-state index in [0.717, 1.165) is 0 Å². The molecular formula is C23H18BrN3O5. The molecule has 0 aliphatic heterocycles. The van der Waals surface area contributed by atoms with Gasteiger partial charge in [0.15, 0.2) is 0 Å². The normalized spacial score (nSPS) is 10.9. The Morgan fingerprint density at radius 3 is 2.41 bits per heavy atom. The van der Waals surface area contributed by atoms with Gasteiger partial charge in [-0.15, -0.1) is 0 Å². The number of carbonyl (C=O) groups excluding carboxylic acids is 2. The van der Waals surface area contributed by atoms with Crippen LogP contribution in [0, 0.1) is 10.1 Å². The van der Waals surface area contributed by atoms with E-state index >= 15 is 0 Å². The predicted molar refractivity (Wildman–Crippen MR) is 124 cm³/mol. The summed E-state index contributed by atoms with van der Waals surface area (Å²) < 4.78 is 5.66. The van der Waals surface area contributed by atoms with Gasteiger partial charge in [-0.1, -0.05) is 24.3 Å². The molecule has 8 nitrogen and oxygen atoms in total. The van der Waals surface area contributed by atoms with Crippen LogP contribution < -0.4 is 15.4 Å². The number of nitro groups is 1. The van der Waals surface area contributed by atoms with Crippen LogP contribution in [0.1, 0.15) is 15.9 Å². The van der Waals surface area contributed by atoms with E-state index in [1.54, 1.807) is 54.6 Å². The number of methoxy groups -OCH3 is 1. The van der Waals surface area contributed by atoms with Crippen LogP contribution in [-0.2, 0) is 4.79 Å². The second-order valence-corrected chi connectivity index (χ2v) is 7.38. The second-order valence-electron chi connectivity index (χ2n) is 6.53. The Kier molecular flexibility index (Phi) is 7.35. The van der Waals surface area contributed by atoms with E-state index in [0.29, 0.717) is 27.0 Å². The second kappa shape index (κ2) is 10.4. The minimum Gasteiger partial charge on any atom is -0.497 e. The molecule has 3 aromatic rings. The van der Waals surface area contributed by atoms with E-state index in [-0.39, 0.29) is 11.4 Å². The van der Waals surface area contributed by atoms with E-state index in [1.807, 2.05) is 0 Å². The average Bonchev–Trinajstić information content (AvgIpc) is 2.79. The number of hydrogen-bond acceptors (Lipinski definition) is 5. The molecular weight excluding hydrogens is 478 g/mol. The summed E-state index contributed by atoms with van der Waals surface area (Å²) in [5, 5.41) is 16.4. The monoisotopic (exact) mass is 495 g/mol. The first-order valence-corrected chi connectivity index (χ1v) is 10.1. The van der Waals surface area contributed by atoms with E-state index in [4.69, 9.17) is 4.74 Å². The molecule has 3 aromatic carbocycles. The molecule has 0 bridgehead atoms. The minimum atomic E-state index is -0.595. The number of nitrogens with zero attached hydrogens (tertiary/aromatic N) is 1. The number of rotatable bonds is 7. The summed E-state index contributed by atoms with van der Waals surface area (Å²) in [6.45, 7) is 0. The maximum absolute atomic E-state index is 13.0. The van der Waals surface area contributed by atoms with Gasteiger partial charge in [0, 0.05) is 22.3 Å². The Hall–Kier alpha value is -3.98. The molecule has 0 saturated carbocycles. The molecule has 0 aliphatic carbocycles. The number of benzene rings is 3. The standard InChI is InChI=1S/C23H18BrN3O5/c1-32-18-11-9-16(10-12-18)25-23(29)21(14-15-5-4-6-17(13-15)27(30)31)26-22(28)19-7-2-3-8-20(19)24/h2-14H,1H3,(H,25,29)(H,26,28)/b21-14+. The Bertz CT molecular complexity index is 1190. The average molecular weight is 496 g/mol. The van der Waals surface area contributed by atoms with Crippen molar-refractivity contribution in [3.05, 3.63) is 104 Å².